The number of ether oxygens (including phenoxy) is 1. The number of nitrogens with zero attached hydrogens (tertiary/aromatic N) is 1. The molecular formula is C33H38N2O2. The van der Waals surface area contributed by atoms with E-state index in [9.17, 15) is 4.79 Å². The van der Waals surface area contributed by atoms with Gasteiger partial charge >= 0.3 is 0 Å². The van der Waals surface area contributed by atoms with E-state index in [4.69, 9.17) is 4.74 Å². The number of carbonyl (C=O) groups excluding carboxylic acids is 1. The molecule has 1 saturated carbocycles. The number of hydrogen-bond donors (Lipinski definition) is 1. The maximum absolute atomic E-state index is 13.0. The molecule has 2 heterocycles. The number of rotatable bonds is 5. The van der Waals surface area contributed by atoms with Gasteiger partial charge in [-0.05, 0) is 80.7 Å². The van der Waals surface area contributed by atoms with Gasteiger partial charge in [0.05, 0.1) is 18.0 Å². The number of hydrogen-bond acceptors (Lipinski definition) is 3. The first-order chi connectivity index (χ1) is 18.0. The van der Waals surface area contributed by atoms with E-state index in [1.54, 1.807) is 18.3 Å². The van der Waals surface area contributed by atoms with Crippen LogP contribution in [0.5, 0.6) is 5.75 Å². The molecule has 1 aliphatic carbocycles. The fraction of sp³-hybridized carbons (Fsp3) is 0.333. The predicted molar refractivity (Wildman–Crippen MR) is 152 cm³/mol. The summed E-state index contributed by atoms with van der Waals surface area (Å²) in [5, 5.41) is 3.00. The van der Waals surface area contributed by atoms with Crippen LogP contribution in [0.3, 0.4) is 0 Å². The molecule has 1 fully saturated rings. The van der Waals surface area contributed by atoms with Gasteiger partial charge in [0.15, 0.2) is 0 Å². The summed E-state index contributed by atoms with van der Waals surface area (Å²) in [7, 11) is 0. The first-order valence-electron chi connectivity index (χ1n) is 13.3. The Kier molecular flexibility index (Phi) is 8.60. The number of nitrogens with one attached hydrogen (secondary N) is 1. The second kappa shape index (κ2) is 12.1. The molecule has 0 saturated heterocycles. The molecule has 0 radical (unpaired) electrons. The molecule has 3 unspecified atom stereocenters. The summed E-state index contributed by atoms with van der Waals surface area (Å²) in [5.74, 6) is 1.95. The SMILES string of the molecule is C=CC=C.CCC12CCC(c3ccccc3)CC1CCOc1cc(C(=O)Nc3cccnc3C)ccc12. The number of amides is 1. The van der Waals surface area contributed by atoms with Gasteiger partial charge in [-0.2, -0.15) is 0 Å². The monoisotopic (exact) mass is 494 g/mol. The minimum absolute atomic E-state index is 0.117. The Labute approximate surface area is 221 Å². The molecule has 2 aromatic carbocycles. The molecule has 2 aliphatic rings. The molecule has 4 nitrogen and oxygen atoms in total. The number of aryl methyl sites for hydroxylation is 1. The fourth-order valence-electron chi connectivity index (χ4n) is 6.07. The van der Waals surface area contributed by atoms with Crippen LogP contribution in [0.25, 0.3) is 0 Å². The van der Waals surface area contributed by atoms with E-state index >= 15 is 0 Å². The molecule has 37 heavy (non-hydrogen) atoms. The largest absolute Gasteiger partial charge is 0.493 e. The maximum atomic E-state index is 13.0. The van der Waals surface area contributed by atoms with Gasteiger partial charge in [0.25, 0.3) is 5.91 Å². The standard InChI is InChI=1S/C29H32N2O2.C4H6/c1-3-29-15-13-22(21-8-5-4-6-9-21)18-24(29)14-17-33-27-19-23(11-12-25(27)29)28(32)31-26-10-7-16-30-20(26)2;1-3-4-2/h4-12,16,19,22,24H,3,13-15,17-18H2,1-2H3,(H,31,32);3-4H,1-2H2. The molecule has 3 atom stereocenters. The second-order valence-corrected chi connectivity index (χ2v) is 10.00. The van der Waals surface area contributed by atoms with Gasteiger partial charge in [0.1, 0.15) is 5.75 Å². The van der Waals surface area contributed by atoms with Gasteiger partial charge in [-0.25, -0.2) is 0 Å². The number of allylic oxidation sites excluding steroid dienone is 2. The van der Waals surface area contributed by atoms with Crippen LogP contribution in [0.15, 0.2) is 92.2 Å². The van der Waals surface area contributed by atoms with Crippen LogP contribution >= 0.6 is 0 Å². The Balaban J connectivity index is 0.000000747. The Hall–Kier alpha value is -3.66. The van der Waals surface area contributed by atoms with Crippen LogP contribution in [0.2, 0.25) is 0 Å². The molecule has 192 valence electrons. The lowest BCUT2D eigenvalue weighted by Gasteiger charge is -2.46. The van der Waals surface area contributed by atoms with Crippen molar-refractivity contribution in [3.63, 3.8) is 0 Å². The lowest BCUT2D eigenvalue weighted by Crippen LogP contribution is -2.39. The summed E-state index contributed by atoms with van der Waals surface area (Å²) in [6, 6.07) is 20.7. The summed E-state index contributed by atoms with van der Waals surface area (Å²) in [6.45, 7) is 11.6. The Morgan fingerprint density at radius 1 is 1.11 bits per heavy atom. The second-order valence-electron chi connectivity index (χ2n) is 10.00. The van der Waals surface area contributed by atoms with Gasteiger partial charge in [-0.3, -0.25) is 9.78 Å². The lowest BCUT2D eigenvalue weighted by molar-refractivity contribution is 0.102. The van der Waals surface area contributed by atoms with Gasteiger partial charge in [0, 0.05) is 22.7 Å². The van der Waals surface area contributed by atoms with Crippen molar-refractivity contribution < 1.29 is 9.53 Å². The molecule has 1 amide bonds. The number of carbonyl (C=O) groups is 1. The minimum Gasteiger partial charge on any atom is -0.493 e. The van der Waals surface area contributed by atoms with Crippen molar-refractivity contribution >= 4 is 11.6 Å². The van der Waals surface area contributed by atoms with Crippen molar-refractivity contribution in [3.8, 4) is 5.75 Å². The van der Waals surface area contributed by atoms with Crippen molar-refractivity contribution in [1.82, 2.24) is 4.98 Å². The normalized spacial score (nSPS) is 22.0. The number of benzene rings is 2. The molecule has 3 aromatic rings. The van der Waals surface area contributed by atoms with E-state index in [1.165, 1.54) is 24.0 Å². The molecule has 1 aromatic heterocycles. The van der Waals surface area contributed by atoms with Crippen molar-refractivity contribution in [2.24, 2.45) is 5.92 Å². The quantitative estimate of drug-likeness (QED) is 0.365. The third-order valence-electron chi connectivity index (χ3n) is 8.12. The third-order valence-corrected chi connectivity index (χ3v) is 8.12. The van der Waals surface area contributed by atoms with Crippen molar-refractivity contribution in [2.75, 3.05) is 11.9 Å². The van der Waals surface area contributed by atoms with E-state index in [1.807, 2.05) is 31.2 Å². The summed E-state index contributed by atoms with van der Waals surface area (Å²) in [6.07, 6.45) is 10.7. The molecule has 4 heteroatoms. The number of pyridine rings is 1. The van der Waals surface area contributed by atoms with Gasteiger partial charge in [-0.1, -0.05) is 68.6 Å². The van der Waals surface area contributed by atoms with Crippen LogP contribution in [-0.4, -0.2) is 17.5 Å². The molecule has 5 rings (SSSR count). The fourth-order valence-corrected chi connectivity index (χ4v) is 6.07. The van der Waals surface area contributed by atoms with Gasteiger partial charge in [0.2, 0.25) is 0 Å². The minimum atomic E-state index is -0.128. The summed E-state index contributed by atoms with van der Waals surface area (Å²) >= 11 is 0. The van der Waals surface area contributed by atoms with Crippen LogP contribution in [-0.2, 0) is 5.41 Å². The van der Waals surface area contributed by atoms with Crippen LogP contribution in [0, 0.1) is 12.8 Å². The molecule has 0 spiro atoms. The Morgan fingerprint density at radius 3 is 2.59 bits per heavy atom. The Bertz CT molecular complexity index is 1230. The van der Waals surface area contributed by atoms with Crippen molar-refractivity contribution in [2.45, 2.75) is 57.3 Å². The number of aromatic nitrogens is 1. The first-order valence-corrected chi connectivity index (χ1v) is 13.3. The number of fused-ring (bicyclic) bond motifs is 3. The van der Waals surface area contributed by atoms with Crippen LogP contribution < -0.4 is 10.1 Å². The first kappa shape index (κ1) is 26.4. The van der Waals surface area contributed by atoms with E-state index in [-0.39, 0.29) is 11.3 Å². The molecular weight excluding hydrogens is 456 g/mol. The highest BCUT2D eigenvalue weighted by Crippen LogP contribution is 2.55. The average molecular weight is 495 g/mol. The van der Waals surface area contributed by atoms with E-state index < -0.39 is 0 Å². The highest BCUT2D eigenvalue weighted by molar-refractivity contribution is 6.04. The highest BCUT2D eigenvalue weighted by Gasteiger charge is 2.46. The van der Waals surface area contributed by atoms with E-state index in [0.717, 1.165) is 36.4 Å². The third kappa shape index (κ3) is 5.69. The predicted octanol–water partition coefficient (Wildman–Crippen LogP) is 8.01. The summed E-state index contributed by atoms with van der Waals surface area (Å²) < 4.78 is 6.28. The van der Waals surface area contributed by atoms with Gasteiger partial charge < -0.3 is 10.1 Å². The lowest BCUT2D eigenvalue weighted by atomic mass is 9.57. The van der Waals surface area contributed by atoms with Crippen LogP contribution in [0.1, 0.15) is 72.1 Å². The van der Waals surface area contributed by atoms with Crippen LogP contribution in [0.4, 0.5) is 5.69 Å². The zero-order chi connectivity index (χ0) is 26.3. The average Bonchev–Trinajstić information content (AvgIpc) is 3.11. The topological polar surface area (TPSA) is 51.2 Å². The maximum Gasteiger partial charge on any atom is 0.255 e. The smallest absolute Gasteiger partial charge is 0.255 e. The van der Waals surface area contributed by atoms with E-state index in [0.29, 0.717) is 24.0 Å². The summed E-state index contributed by atoms with van der Waals surface area (Å²) in [5.41, 5.74) is 5.03. The zero-order valence-corrected chi connectivity index (χ0v) is 22.1. The van der Waals surface area contributed by atoms with Crippen molar-refractivity contribution in [3.05, 3.63) is 115 Å². The molecule has 0 bridgehead atoms. The highest BCUT2D eigenvalue weighted by atomic mass is 16.5. The summed E-state index contributed by atoms with van der Waals surface area (Å²) in [4.78, 5) is 17.2. The van der Waals surface area contributed by atoms with E-state index in [2.05, 4.69) is 66.8 Å². The zero-order valence-electron chi connectivity index (χ0n) is 22.1. The Morgan fingerprint density at radius 2 is 1.89 bits per heavy atom. The van der Waals surface area contributed by atoms with Gasteiger partial charge in [-0.15, -0.1) is 0 Å². The van der Waals surface area contributed by atoms with Crippen molar-refractivity contribution in [1.29, 1.82) is 0 Å². The number of anilines is 1. The molecule has 1 aliphatic heterocycles. The molecule has 1 N–H and O–H groups in total.